The molecule has 4 heteroatoms. The highest BCUT2D eigenvalue weighted by Gasteiger charge is 2.32. The van der Waals surface area contributed by atoms with Crippen molar-refractivity contribution in [3.8, 4) is 5.75 Å². The summed E-state index contributed by atoms with van der Waals surface area (Å²) in [7, 11) is 0. The number of hydrogen-bond acceptors (Lipinski definition) is 2. The second kappa shape index (κ2) is 10.7. The smallest absolute Gasteiger partial charge is 0.337 e. The van der Waals surface area contributed by atoms with Crippen LogP contribution in [0.4, 0.5) is 0 Å². The van der Waals surface area contributed by atoms with Gasteiger partial charge in [-0.1, -0.05) is 77.8 Å². The molecule has 0 aliphatic heterocycles. The van der Waals surface area contributed by atoms with E-state index in [1.807, 2.05) is 12.1 Å². The van der Waals surface area contributed by atoms with Crippen LogP contribution in [-0.2, 0) is 5.41 Å². The average molecular weight is 459 g/mol. The van der Waals surface area contributed by atoms with Crippen molar-refractivity contribution in [1.29, 1.82) is 0 Å². The molecule has 0 radical (unpaired) electrons. The largest absolute Gasteiger partial charge is 0.493 e. The lowest BCUT2D eigenvalue weighted by Gasteiger charge is -2.34. The Morgan fingerprint density at radius 2 is 1.62 bits per heavy atom. The highest BCUT2D eigenvalue weighted by molar-refractivity contribution is 6.33. The van der Waals surface area contributed by atoms with Crippen LogP contribution < -0.4 is 4.74 Å². The van der Waals surface area contributed by atoms with E-state index in [1.165, 1.54) is 5.56 Å². The van der Waals surface area contributed by atoms with Gasteiger partial charge in [0.2, 0.25) is 0 Å². The van der Waals surface area contributed by atoms with E-state index in [9.17, 15) is 9.90 Å². The molecule has 176 valence electrons. The number of carboxylic acids is 1. The van der Waals surface area contributed by atoms with Crippen molar-refractivity contribution < 1.29 is 14.6 Å². The summed E-state index contributed by atoms with van der Waals surface area (Å²) in [4.78, 5) is 11.4. The maximum absolute atomic E-state index is 11.4. The van der Waals surface area contributed by atoms with Crippen molar-refractivity contribution in [2.45, 2.75) is 79.6 Å². The Morgan fingerprint density at radius 1 is 1.03 bits per heavy atom. The predicted molar refractivity (Wildman–Crippen MR) is 134 cm³/mol. The highest BCUT2D eigenvalue weighted by atomic mass is 35.5. The number of benzene rings is 2. The summed E-state index contributed by atoms with van der Waals surface area (Å²) in [6.45, 7) is 16.2. The maximum Gasteiger partial charge on any atom is 0.337 e. The molecule has 0 heterocycles. The van der Waals surface area contributed by atoms with Crippen LogP contribution >= 0.6 is 11.6 Å². The van der Waals surface area contributed by atoms with Gasteiger partial charge in [-0.2, -0.15) is 0 Å². The van der Waals surface area contributed by atoms with E-state index in [1.54, 1.807) is 6.07 Å². The molecule has 1 atom stereocenters. The molecule has 0 amide bonds. The van der Waals surface area contributed by atoms with E-state index in [0.717, 1.165) is 49.2 Å². The molecule has 0 saturated carbocycles. The Morgan fingerprint density at radius 3 is 2.09 bits per heavy atom. The van der Waals surface area contributed by atoms with Crippen molar-refractivity contribution >= 4 is 17.6 Å². The number of rotatable bonds is 10. The molecule has 1 N–H and O–H groups in total. The van der Waals surface area contributed by atoms with Crippen LogP contribution in [0.1, 0.15) is 94.3 Å². The van der Waals surface area contributed by atoms with Gasteiger partial charge < -0.3 is 9.84 Å². The third-order valence-electron chi connectivity index (χ3n) is 6.99. The zero-order valence-corrected chi connectivity index (χ0v) is 21.5. The number of aryl methyl sites for hydroxylation is 1. The van der Waals surface area contributed by atoms with E-state index in [-0.39, 0.29) is 21.4 Å². The molecule has 0 saturated heterocycles. The quantitative estimate of drug-likeness (QED) is 0.389. The summed E-state index contributed by atoms with van der Waals surface area (Å²) < 4.78 is 6.29. The number of carboxylic acid groups (broad SMARTS) is 1. The summed E-state index contributed by atoms with van der Waals surface area (Å²) >= 11 is 6.32. The fraction of sp³-hybridized carbons (Fsp3) is 0.536. The predicted octanol–water partition coefficient (Wildman–Crippen LogP) is 8.29. The summed E-state index contributed by atoms with van der Waals surface area (Å²) in [6, 6.07) is 11.8. The van der Waals surface area contributed by atoms with Gasteiger partial charge in [0.15, 0.2) is 0 Å². The molecule has 2 rings (SSSR count). The van der Waals surface area contributed by atoms with Crippen LogP contribution in [0, 0.1) is 18.3 Å². The fourth-order valence-electron chi connectivity index (χ4n) is 4.63. The van der Waals surface area contributed by atoms with Crippen molar-refractivity contribution in [1.82, 2.24) is 0 Å². The summed E-state index contributed by atoms with van der Waals surface area (Å²) in [5.74, 6) is 0.431. The monoisotopic (exact) mass is 458 g/mol. The van der Waals surface area contributed by atoms with Crippen molar-refractivity contribution in [2.24, 2.45) is 11.3 Å². The minimum atomic E-state index is -1.01. The molecular weight excluding hydrogens is 420 g/mol. The minimum absolute atomic E-state index is 0.136. The van der Waals surface area contributed by atoms with Crippen molar-refractivity contribution in [3.05, 3.63) is 63.7 Å². The van der Waals surface area contributed by atoms with Gasteiger partial charge >= 0.3 is 5.97 Å². The maximum atomic E-state index is 11.4. The van der Waals surface area contributed by atoms with Gasteiger partial charge in [0, 0.05) is 5.41 Å². The molecule has 0 spiro atoms. The second-order valence-electron chi connectivity index (χ2n) is 9.93. The van der Waals surface area contributed by atoms with Crippen molar-refractivity contribution in [2.75, 3.05) is 6.61 Å². The number of halogens is 1. The molecule has 32 heavy (non-hydrogen) atoms. The van der Waals surface area contributed by atoms with Gasteiger partial charge in [-0.3, -0.25) is 0 Å². The normalized spacial score (nSPS) is 13.1. The third-order valence-corrected chi connectivity index (χ3v) is 7.30. The number of ether oxygens (including phenoxy) is 1. The van der Waals surface area contributed by atoms with Crippen LogP contribution in [0.3, 0.4) is 0 Å². The number of carbonyl (C=O) groups is 1. The van der Waals surface area contributed by atoms with Gasteiger partial charge in [0.25, 0.3) is 0 Å². The zero-order valence-electron chi connectivity index (χ0n) is 20.7. The minimum Gasteiger partial charge on any atom is -0.493 e. The first-order valence-corrected chi connectivity index (χ1v) is 12.1. The van der Waals surface area contributed by atoms with Gasteiger partial charge in [0.05, 0.1) is 17.2 Å². The fourth-order valence-corrected chi connectivity index (χ4v) is 4.89. The highest BCUT2D eigenvalue weighted by Crippen LogP contribution is 2.41. The van der Waals surface area contributed by atoms with E-state index < -0.39 is 5.97 Å². The third kappa shape index (κ3) is 5.67. The molecule has 2 aromatic rings. The number of hydrogen-bond donors (Lipinski definition) is 1. The Balaban J connectivity index is 2.37. The van der Waals surface area contributed by atoms with Gasteiger partial charge in [-0.25, -0.2) is 4.79 Å². The molecular formula is C28H39ClO3. The average Bonchev–Trinajstić information content (AvgIpc) is 2.72. The molecule has 0 aliphatic carbocycles. The van der Waals surface area contributed by atoms with Crippen LogP contribution in [0.5, 0.6) is 5.75 Å². The standard InChI is InChI=1S/C28H39ClO3/c1-8-11-22(27(5,6)7)18-32-25-15-13-20(16-19(25)4)28(9-2,10-3)21-12-14-23(26(30)31)24(29)17-21/h12-17,22H,8-11,18H2,1-7H3,(H,30,31). The van der Waals surface area contributed by atoms with E-state index >= 15 is 0 Å². The molecule has 0 bridgehead atoms. The summed E-state index contributed by atoms with van der Waals surface area (Å²) in [6.07, 6.45) is 4.08. The Bertz CT molecular complexity index is 923. The van der Waals surface area contributed by atoms with E-state index in [4.69, 9.17) is 16.3 Å². The first-order valence-electron chi connectivity index (χ1n) is 11.8. The first kappa shape index (κ1) is 26.3. The van der Waals surface area contributed by atoms with Gasteiger partial charge in [-0.05, 0) is 72.4 Å². The second-order valence-corrected chi connectivity index (χ2v) is 10.3. The summed E-state index contributed by atoms with van der Waals surface area (Å²) in [5, 5.41) is 9.61. The lowest BCUT2D eigenvalue weighted by atomic mass is 9.70. The zero-order chi connectivity index (χ0) is 24.1. The molecule has 0 fully saturated rings. The van der Waals surface area contributed by atoms with E-state index in [0.29, 0.717) is 5.92 Å². The van der Waals surface area contributed by atoms with Crippen LogP contribution in [0.2, 0.25) is 5.02 Å². The molecule has 2 aromatic carbocycles. The molecule has 0 aliphatic rings. The van der Waals surface area contributed by atoms with Gasteiger partial charge in [-0.15, -0.1) is 0 Å². The van der Waals surface area contributed by atoms with E-state index in [2.05, 4.69) is 66.7 Å². The lowest BCUT2D eigenvalue weighted by Crippen LogP contribution is -2.27. The van der Waals surface area contributed by atoms with Crippen LogP contribution in [0.15, 0.2) is 36.4 Å². The SMILES string of the molecule is CCCC(COc1ccc(C(CC)(CC)c2ccc(C(=O)O)c(Cl)c2)cc1C)C(C)(C)C. The van der Waals surface area contributed by atoms with Crippen LogP contribution in [0.25, 0.3) is 0 Å². The van der Waals surface area contributed by atoms with Crippen molar-refractivity contribution in [3.63, 3.8) is 0 Å². The Kier molecular flexibility index (Phi) is 8.82. The molecule has 1 unspecified atom stereocenters. The first-order chi connectivity index (χ1) is 15.0. The molecule has 0 aromatic heterocycles. The molecule has 3 nitrogen and oxygen atoms in total. The number of aromatic carboxylic acids is 1. The summed E-state index contributed by atoms with van der Waals surface area (Å²) in [5.41, 5.74) is 3.47. The Hall–Kier alpha value is -2.00. The lowest BCUT2D eigenvalue weighted by molar-refractivity contribution is 0.0697. The Labute approximate surface area is 199 Å². The topological polar surface area (TPSA) is 46.5 Å². The van der Waals surface area contributed by atoms with Gasteiger partial charge in [0.1, 0.15) is 5.75 Å². The van der Waals surface area contributed by atoms with Crippen LogP contribution in [-0.4, -0.2) is 17.7 Å².